The summed E-state index contributed by atoms with van der Waals surface area (Å²) in [6.07, 6.45) is 0. The van der Waals surface area contributed by atoms with Gasteiger partial charge in [-0.25, -0.2) is 4.99 Å². The highest BCUT2D eigenvalue weighted by molar-refractivity contribution is 7.10. The molecule has 1 amide bonds. The van der Waals surface area contributed by atoms with Crippen molar-refractivity contribution in [2.45, 2.75) is 25.0 Å². The van der Waals surface area contributed by atoms with Crippen molar-refractivity contribution in [3.05, 3.63) is 76.0 Å². The average molecular weight is 467 g/mol. The molecule has 2 atom stereocenters. The predicted molar refractivity (Wildman–Crippen MR) is 122 cm³/mol. The Bertz CT molecular complexity index is 1270. The number of amides is 1. The highest BCUT2D eigenvalue weighted by atomic mass is 32.1. The number of carbonyl (C=O) groups excluding carboxylic acids is 1. The van der Waals surface area contributed by atoms with Gasteiger partial charge in [-0.05, 0) is 59.3 Å². The van der Waals surface area contributed by atoms with Gasteiger partial charge in [0.2, 0.25) is 5.91 Å². The maximum absolute atomic E-state index is 13.3. The molecule has 3 aromatic rings. The van der Waals surface area contributed by atoms with Gasteiger partial charge >= 0.3 is 6.61 Å². The number of guanidine groups is 1. The number of carbonyl (C=O) groups is 1. The first-order valence-electron chi connectivity index (χ1n) is 10.00. The number of benzene rings is 2. The summed E-state index contributed by atoms with van der Waals surface area (Å²) >= 11 is 1.44. The Kier molecular flexibility index (Phi) is 5.87. The highest BCUT2D eigenvalue weighted by Gasteiger charge is 2.48. The number of nitriles is 1. The first-order chi connectivity index (χ1) is 15.7. The lowest BCUT2D eigenvalue weighted by molar-refractivity contribution is -0.130. The van der Waals surface area contributed by atoms with Crippen LogP contribution in [-0.2, 0) is 10.3 Å². The third-order valence-electron chi connectivity index (χ3n) is 5.69. The van der Waals surface area contributed by atoms with Gasteiger partial charge in [0.25, 0.3) is 0 Å². The number of aliphatic imine (C=N–C) groups is 1. The Hall–Kier alpha value is -3.77. The number of ether oxygens (including phenoxy) is 1. The number of thiophene rings is 1. The Morgan fingerprint density at radius 2 is 1.94 bits per heavy atom. The minimum absolute atomic E-state index is 0.00543. The van der Waals surface area contributed by atoms with Gasteiger partial charge < -0.3 is 10.5 Å². The van der Waals surface area contributed by atoms with E-state index in [1.165, 1.54) is 28.4 Å². The van der Waals surface area contributed by atoms with E-state index in [0.717, 1.165) is 16.0 Å². The van der Waals surface area contributed by atoms with Crippen molar-refractivity contribution in [2.75, 3.05) is 7.05 Å². The van der Waals surface area contributed by atoms with Crippen molar-refractivity contribution >= 4 is 23.2 Å². The van der Waals surface area contributed by atoms with E-state index >= 15 is 0 Å². The zero-order valence-corrected chi connectivity index (χ0v) is 18.6. The van der Waals surface area contributed by atoms with E-state index in [2.05, 4.69) is 10.8 Å². The van der Waals surface area contributed by atoms with Crippen LogP contribution in [-0.4, -0.2) is 30.4 Å². The van der Waals surface area contributed by atoms with E-state index in [1.54, 1.807) is 31.3 Å². The van der Waals surface area contributed by atoms with Gasteiger partial charge in [-0.2, -0.15) is 14.0 Å². The first-order valence-corrected chi connectivity index (χ1v) is 10.9. The lowest BCUT2D eigenvalue weighted by Gasteiger charge is -2.40. The molecule has 2 heterocycles. The van der Waals surface area contributed by atoms with Gasteiger partial charge in [0.15, 0.2) is 5.96 Å². The lowest BCUT2D eigenvalue weighted by Crippen LogP contribution is -2.52. The quantitative estimate of drug-likeness (QED) is 0.591. The predicted octanol–water partition coefficient (Wildman–Crippen LogP) is 4.67. The number of halogens is 2. The van der Waals surface area contributed by atoms with Crippen molar-refractivity contribution in [1.29, 1.82) is 5.26 Å². The second-order valence-corrected chi connectivity index (χ2v) is 8.70. The molecule has 0 fully saturated rings. The molecule has 1 aliphatic heterocycles. The van der Waals surface area contributed by atoms with E-state index in [1.807, 2.05) is 30.5 Å². The summed E-state index contributed by atoms with van der Waals surface area (Å²) in [7, 11) is 1.55. The number of rotatable bonds is 5. The maximum atomic E-state index is 13.3. The molecule has 2 N–H and O–H groups in total. The molecule has 0 saturated carbocycles. The monoisotopic (exact) mass is 466 g/mol. The molecule has 168 valence electrons. The van der Waals surface area contributed by atoms with E-state index in [4.69, 9.17) is 10.7 Å². The van der Waals surface area contributed by atoms with Crippen molar-refractivity contribution in [3.8, 4) is 22.9 Å². The van der Waals surface area contributed by atoms with Crippen molar-refractivity contribution in [3.63, 3.8) is 0 Å². The molecular weight excluding hydrogens is 446 g/mol. The largest absolute Gasteiger partial charge is 0.435 e. The van der Waals surface area contributed by atoms with Gasteiger partial charge in [-0.3, -0.25) is 9.69 Å². The van der Waals surface area contributed by atoms with Crippen LogP contribution in [0.1, 0.15) is 28.8 Å². The molecule has 0 spiro atoms. The number of hydrogen-bond acceptors (Lipinski definition) is 6. The van der Waals surface area contributed by atoms with Crippen LogP contribution in [0, 0.1) is 11.3 Å². The van der Waals surface area contributed by atoms with E-state index in [0.29, 0.717) is 11.1 Å². The van der Waals surface area contributed by atoms with Crippen LogP contribution >= 0.6 is 11.3 Å². The summed E-state index contributed by atoms with van der Waals surface area (Å²) in [6.45, 7) is -1.10. The molecule has 0 saturated heterocycles. The Morgan fingerprint density at radius 1 is 1.21 bits per heavy atom. The van der Waals surface area contributed by atoms with Crippen LogP contribution < -0.4 is 10.5 Å². The number of hydrogen-bond donors (Lipinski definition) is 1. The zero-order chi connectivity index (χ0) is 23.8. The molecular formula is C24H20F2N4O2S. The Morgan fingerprint density at radius 3 is 2.61 bits per heavy atom. The summed E-state index contributed by atoms with van der Waals surface area (Å²) < 4.78 is 29.5. The average Bonchev–Trinajstić information content (AvgIpc) is 3.30. The van der Waals surface area contributed by atoms with Crippen LogP contribution in [0.25, 0.3) is 11.1 Å². The minimum atomic E-state index is -2.93. The van der Waals surface area contributed by atoms with E-state index in [9.17, 15) is 18.8 Å². The third kappa shape index (κ3) is 4.17. The Balaban J connectivity index is 1.78. The number of nitrogens with zero attached hydrogens (tertiary/aromatic N) is 3. The van der Waals surface area contributed by atoms with Gasteiger partial charge in [-0.15, -0.1) is 11.3 Å². The fraction of sp³-hybridized carbons (Fsp3) is 0.208. The summed E-state index contributed by atoms with van der Waals surface area (Å²) in [5.41, 5.74) is 7.98. The SMILES string of the molecule is CN1C(=O)[C@H](c2ccc(OC(F)F)cc2)[C@@](C)(c2cc(-c3cccc(C#N)c3)cs2)N=C1N. The molecule has 0 aliphatic carbocycles. The molecule has 2 aromatic carbocycles. The summed E-state index contributed by atoms with van der Waals surface area (Å²) in [5.74, 6) is -0.884. The topological polar surface area (TPSA) is 91.7 Å². The van der Waals surface area contributed by atoms with Crippen LogP contribution in [0.4, 0.5) is 8.78 Å². The zero-order valence-electron chi connectivity index (χ0n) is 17.8. The molecule has 33 heavy (non-hydrogen) atoms. The van der Waals surface area contributed by atoms with Gasteiger partial charge in [0, 0.05) is 11.9 Å². The van der Waals surface area contributed by atoms with Gasteiger partial charge in [0.05, 0.1) is 17.6 Å². The minimum Gasteiger partial charge on any atom is -0.435 e. The summed E-state index contributed by atoms with van der Waals surface area (Å²) in [6, 6.07) is 17.3. The normalized spacial score (nSPS) is 20.5. The summed E-state index contributed by atoms with van der Waals surface area (Å²) in [5, 5.41) is 11.1. The smallest absolute Gasteiger partial charge is 0.387 e. The molecule has 0 bridgehead atoms. The van der Waals surface area contributed by atoms with Gasteiger partial charge in [-0.1, -0.05) is 24.3 Å². The molecule has 1 aliphatic rings. The molecule has 6 nitrogen and oxygen atoms in total. The standard InChI is InChI=1S/C24H20F2N4O2S/c1-24(19-11-17(13-33-19)16-5-3-4-14(10-16)12-27)20(21(31)30(2)23(28)29-24)15-6-8-18(9-7-15)32-22(25)26/h3-11,13,20,22H,1-2H3,(H2,28,29)/t20-,24+/m0/s1. The Labute approximate surface area is 193 Å². The second kappa shape index (κ2) is 8.64. The summed E-state index contributed by atoms with van der Waals surface area (Å²) in [4.78, 5) is 20.1. The number of nitrogens with two attached hydrogens (primary N) is 1. The molecule has 0 radical (unpaired) electrons. The maximum Gasteiger partial charge on any atom is 0.387 e. The van der Waals surface area contributed by atoms with Crippen molar-refractivity contribution in [2.24, 2.45) is 10.7 Å². The lowest BCUT2D eigenvalue weighted by atomic mass is 9.77. The first kappa shape index (κ1) is 22.4. The van der Waals surface area contributed by atoms with Crippen molar-refractivity contribution in [1.82, 2.24) is 4.90 Å². The third-order valence-corrected chi connectivity index (χ3v) is 6.85. The van der Waals surface area contributed by atoms with Crippen molar-refractivity contribution < 1.29 is 18.3 Å². The number of alkyl halides is 2. The fourth-order valence-corrected chi connectivity index (χ4v) is 5.01. The van der Waals surface area contributed by atoms with E-state index in [-0.39, 0.29) is 17.6 Å². The van der Waals surface area contributed by atoms with Crippen LogP contribution in [0.5, 0.6) is 5.75 Å². The van der Waals surface area contributed by atoms with Crippen LogP contribution in [0.3, 0.4) is 0 Å². The second-order valence-electron chi connectivity index (χ2n) is 7.79. The number of likely N-dealkylation sites (N-methyl/N-ethyl adjacent to an activating group) is 1. The molecule has 0 unspecified atom stereocenters. The van der Waals surface area contributed by atoms with Crippen LogP contribution in [0.2, 0.25) is 0 Å². The molecule has 1 aromatic heterocycles. The highest BCUT2D eigenvalue weighted by Crippen LogP contribution is 2.47. The van der Waals surface area contributed by atoms with Gasteiger partial charge in [0.1, 0.15) is 11.3 Å². The molecule has 4 rings (SSSR count). The van der Waals surface area contributed by atoms with Crippen LogP contribution in [0.15, 0.2) is 65.0 Å². The molecule has 9 heteroatoms. The van der Waals surface area contributed by atoms with E-state index < -0.39 is 18.1 Å². The fourth-order valence-electron chi connectivity index (χ4n) is 3.95.